The number of hydrogen-bond acceptors (Lipinski definition) is 2. The third-order valence-corrected chi connectivity index (χ3v) is 4.55. The predicted molar refractivity (Wildman–Crippen MR) is 77.8 cm³/mol. The summed E-state index contributed by atoms with van der Waals surface area (Å²) in [5.74, 6) is -0.392. The van der Waals surface area contributed by atoms with Crippen LogP contribution in [0.4, 0.5) is 4.79 Å². The van der Waals surface area contributed by atoms with Crippen molar-refractivity contribution in [3.8, 4) is 0 Å². The van der Waals surface area contributed by atoms with Gasteiger partial charge in [-0.3, -0.25) is 0 Å². The topological polar surface area (TPSA) is 69.6 Å². The number of carbonyl (C=O) groups is 2. The molecule has 0 spiro atoms. The van der Waals surface area contributed by atoms with Crippen molar-refractivity contribution in [3.05, 3.63) is 35.4 Å². The number of aliphatic carboxylic acids is 1. The summed E-state index contributed by atoms with van der Waals surface area (Å²) in [7, 11) is 0. The third kappa shape index (κ3) is 2.73. The minimum atomic E-state index is -0.942. The van der Waals surface area contributed by atoms with E-state index in [0.717, 1.165) is 24.0 Å². The number of hydrogen-bond donors (Lipinski definition) is 2. The second-order valence-electron chi connectivity index (χ2n) is 5.91. The molecule has 1 aliphatic carbocycles. The fourth-order valence-electron chi connectivity index (χ4n) is 3.07. The predicted octanol–water partition coefficient (Wildman–Crippen LogP) is 2.01. The van der Waals surface area contributed by atoms with Gasteiger partial charge in [0.25, 0.3) is 0 Å². The molecule has 1 aliphatic heterocycles. The van der Waals surface area contributed by atoms with E-state index in [-0.39, 0.29) is 12.1 Å². The summed E-state index contributed by atoms with van der Waals surface area (Å²) < 4.78 is 0. The summed E-state index contributed by atoms with van der Waals surface area (Å²) in [6.07, 6.45) is 2.43. The van der Waals surface area contributed by atoms with Crippen LogP contribution in [-0.4, -0.2) is 34.1 Å². The van der Waals surface area contributed by atoms with Crippen LogP contribution in [0.3, 0.4) is 0 Å². The highest BCUT2D eigenvalue weighted by atomic mass is 16.4. The molecular weight excluding hydrogens is 268 g/mol. The fraction of sp³-hybridized carbons (Fsp3) is 0.500. The second-order valence-corrected chi connectivity index (χ2v) is 5.91. The molecule has 1 aromatic rings. The Kier molecular flexibility index (Phi) is 3.57. The normalized spacial score (nSPS) is 26.9. The molecule has 0 bridgehead atoms. The number of carboxylic acids is 1. The molecule has 1 heterocycles. The first kappa shape index (κ1) is 13.9. The van der Waals surface area contributed by atoms with Gasteiger partial charge in [0, 0.05) is 19.0 Å². The van der Waals surface area contributed by atoms with Crippen molar-refractivity contribution in [1.82, 2.24) is 10.2 Å². The number of urea groups is 1. The average Bonchev–Trinajstić information content (AvgIpc) is 3.24. The van der Waals surface area contributed by atoms with Crippen molar-refractivity contribution in [2.75, 3.05) is 0 Å². The Morgan fingerprint density at radius 1 is 1.33 bits per heavy atom. The number of nitrogens with one attached hydrogen (secondary N) is 1. The van der Waals surface area contributed by atoms with Crippen molar-refractivity contribution in [2.24, 2.45) is 5.92 Å². The zero-order valence-corrected chi connectivity index (χ0v) is 12.1. The molecule has 2 amide bonds. The van der Waals surface area contributed by atoms with Crippen molar-refractivity contribution < 1.29 is 14.7 Å². The Bertz CT molecular complexity index is 572. The Balaban J connectivity index is 1.76. The summed E-state index contributed by atoms with van der Waals surface area (Å²) in [4.78, 5) is 25.3. The Labute approximate surface area is 123 Å². The first-order valence-electron chi connectivity index (χ1n) is 7.47. The van der Waals surface area contributed by atoms with Gasteiger partial charge >= 0.3 is 12.0 Å². The second kappa shape index (κ2) is 5.39. The van der Waals surface area contributed by atoms with Crippen LogP contribution in [0.1, 0.15) is 30.9 Å². The Morgan fingerprint density at radius 2 is 2.05 bits per heavy atom. The SMILES string of the molecule is CCC1CC1NC(=O)N1Cc2ccccc2C[C@@H]1C(=O)O. The van der Waals surface area contributed by atoms with Gasteiger partial charge in [0.15, 0.2) is 0 Å². The lowest BCUT2D eigenvalue weighted by Gasteiger charge is -2.34. The van der Waals surface area contributed by atoms with Crippen LogP contribution in [-0.2, 0) is 17.8 Å². The first-order valence-corrected chi connectivity index (χ1v) is 7.47. The molecule has 2 aliphatic rings. The van der Waals surface area contributed by atoms with Crippen LogP contribution >= 0.6 is 0 Å². The molecule has 2 N–H and O–H groups in total. The van der Waals surface area contributed by atoms with E-state index in [1.54, 1.807) is 0 Å². The zero-order chi connectivity index (χ0) is 15.0. The molecule has 21 heavy (non-hydrogen) atoms. The van der Waals surface area contributed by atoms with Gasteiger partial charge in [-0.05, 0) is 23.5 Å². The van der Waals surface area contributed by atoms with Gasteiger partial charge in [-0.15, -0.1) is 0 Å². The van der Waals surface area contributed by atoms with Crippen LogP contribution in [0.2, 0.25) is 0 Å². The van der Waals surface area contributed by atoms with E-state index in [2.05, 4.69) is 12.2 Å². The minimum absolute atomic E-state index is 0.217. The highest BCUT2D eigenvalue weighted by Crippen LogP contribution is 2.33. The van der Waals surface area contributed by atoms with Gasteiger partial charge in [0.1, 0.15) is 6.04 Å². The zero-order valence-electron chi connectivity index (χ0n) is 12.1. The lowest BCUT2D eigenvalue weighted by Crippen LogP contribution is -2.52. The van der Waals surface area contributed by atoms with Crippen molar-refractivity contribution in [1.29, 1.82) is 0 Å². The summed E-state index contributed by atoms with van der Waals surface area (Å²) in [6, 6.07) is 6.91. The maximum absolute atomic E-state index is 12.4. The number of nitrogens with zero attached hydrogens (tertiary/aromatic N) is 1. The number of fused-ring (bicyclic) bond motifs is 1. The molecule has 1 aromatic carbocycles. The van der Waals surface area contributed by atoms with Crippen LogP contribution < -0.4 is 5.32 Å². The molecular formula is C16H20N2O3. The standard InChI is InChI=1S/C16H20N2O3/c1-2-10-7-13(10)17-16(21)18-9-12-6-4-3-5-11(12)8-14(18)15(19)20/h3-6,10,13-14H,2,7-9H2,1H3,(H,17,21)(H,19,20)/t10?,13?,14-/m1/s1. The van der Waals surface area contributed by atoms with Gasteiger partial charge in [-0.2, -0.15) is 0 Å². The van der Waals surface area contributed by atoms with Crippen LogP contribution in [0.25, 0.3) is 0 Å². The summed E-state index contributed by atoms with van der Waals surface area (Å²) >= 11 is 0. The van der Waals surface area contributed by atoms with E-state index >= 15 is 0 Å². The number of carbonyl (C=O) groups excluding carboxylic acids is 1. The van der Waals surface area contributed by atoms with Gasteiger partial charge in [-0.25, -0.2) is 9.59 Å². The summed E-state index contributed by atoms with van der Waals surface area (Å²) in [5.41, 5.74) is 2.06. The van der Waals surface area contributed by atoms with E-state index < -0.39 is 12.0 Å². The summed E-state index contributed by atoms with van der Waals surface area (Å²) in [5, 5.41) is 12.4. The Morgan fingerprint density at radius 3 is 2.67 bits per heavy atom. The molecule has 3 rings (SSSR count). The number of carboxylic acid groups (broad SMARTS) is 1. The van der Waals surface area contributed by atoms with Crippen molar-refractivity contribution in [2.45, 2.75) is 44.8 Å². The molecule has 112 valence electrons. The molecule has 1 fully saturated rings. The van der Waals surface area contributed by atoms with Gasteiger partial charge in [0.05, 0.1) is 0 Å². The van der Waals surface area contributed by atoms with Gasteiger partial charge in [0.2, 0.25) is 0 Å². The van der Waals surface area contributed by atoms with Crippen LogP contribution in [0, 0.1) is 5.92 Å². The number of rotatable bonds is 3. The molecule has 5 nitrogen and oxygen atoms in total. The molecule has 2 unspecified atom stereocenters. The first-order chi connectivity index (χ1) is 10.1. The van der Waals surface area contributed by atoms with Gasteiger partial charge < -0.3 is 15.3 Å². The average molecular weight is 288 g/mol. The van der Waals surface area contributed by atoms with E-state index in [4.69, 9.17) is 0 Å². The molecule has 0 saturated heterocycles. The number of amides is 2. The fourth-order valence-corrected chi connectivity index (χ4v) is 3.07. The number of benzene rings is 1. The molecule has 0 radical (unpaired) electrons. The molecule has 1 saturated carbocycles. The van der Waals surface area contributed by atoms with E-state index in [1.165, 1.54) is 4.90 Å². The van der Waals surface area contributed by atoms with Crippen molar-refractivity contribution in [3.63, 3.8) is 0 Å². The smallest absolute Gasteiger partial charge is 0.326 e. The van der Waals surface area contributed by atoms with Crippen molar-refractivity contribution >= 4 is 12.0 Å². The van der Waals surface area contributed by atoms with E-state index in [0.29, 0.717) is 18.9 Å². The maximum Gasteiger partial charge on any atom is 0.326 e. The van der Waals surface area contributed by atoms with E-state index in [9.17, 15) is 14.7 Å². The quantitative estimate of drug-likeness (QED) is 0.894. The highest BCUT2D eigenvalue weighted by Gasteiger charge is 2.40. The molecule has 0 aromatic heterocycles. The Hall–Kier alpha value is -2.04. The molecule has 3 atom stereocenters. The monoisotopic (exact) mass is 288 g/mol. The maximum atomic E-state index is 12.4. The lowest BCUT2D eigenvalue weighted by atomic mass is 9.94. The van der Waals surface area contributed by atoms with Crippen LogP contribution in [0.5, 0.6) is 0 Å². The lowest BCUT2D eigenvalue weighted by molar-refractivity contribution is -0.142. The van der Waals surface area contributed by atoms with Crippen LogP contribution in [0.15, 0.2) is 24.3 Å². The van der Waals surface area contributed by atoms with E-state index in [1.807, 2.05) is 24.3 Å². The van der Waals surface area contributed by atoms with Gasteiger partial charge in [-0.1, -0.05) is 37.6 Å². The highest BCUT2D eigenvalue weighted by molar-refractivity contribution is 5.84. The largest absolute Gasteiger partial charge is 0.480 e. The minimum Gasteiger partial charge on any atom is -0.480 e. The summed E-state index contributed by atoms with van der Waals surface area (Å²) in [6.45, 7) is 2.47. The molecule has 5 heteroatoms. The third-order valence-electron chi connectivity index (χ3n) is 4.55.